The van der Waals surface area contributed by atoms with Gasteiger partial charge in [-0.15, -0.1) is 0 Å². The standard InChI is InChI=1S/C9H11NO3/c11-9(10-5-1-2-6-10)13-8-4-3-7-12-8/h3-4,7H,1-2,5-6H2. The molecule has 2 heterocycles. The van der Waals surface area contributed by atoms with Crippen molar-refractivity contribution in [2.75, 3.05) is 13.1 Å². The molecule has 70 valence electrons. The van der Waals surface area contributed by atoms with Crippen LogP contribution in [0.3, 0.4) is 0 Å². The molecule has 0 aromatic carbocycles. The summed E-state index contributed by atoms with van der Waals surface area (Å²) in [5.41, 5.74) is 0. The van der Waals surface area contributed by atoms with Crippen LogP contribution in [0.2, 0.25) is 0 Å². The van der Waals surface area contributed by atoms with E-state index in [1.54, 1.807) is 17.0 Å². The maximum atomic E-state index is 11.4. The average Bonchev–Trinajstić information content (AvgIpc) is 2.74. The Labute approximate surface area is 76.1 Å². The molecule has 2 rings (SSSR count). The monoisotopic (exact) mass is 181 g/mol. The van der Waals surface area contributed by atoms with E-state index in [4.69, 9.17) is 9.15 Å². The molecular weight excluding hydrogens is 170 g/mol. The predicted molar refractivity (Wildman–Crippen MR) is 45.5 cm³/mol. The smallest absolute Gasteiger partial charge is 0.417 e. The second-order valence-corrected chi connectivity index (χ2v) is 2.99. The Bertz CT molecular complexity index is 275. The third kappa shape index (κ3) is 1.83. The van der Waals surface area contributed by atoms with Crippen LogP contribution in [0.4, 0.5) is 4.79 Å². The van der Waals surface area contributed by atoms with Crippen molar-refractivity contribution < 1.29 is 13.9 Å². The SMILES string of the molecule is O=C(Oc1ccco1)N1CCCC1. The number of hydrogen-bond donors (Lipinski definition) is 0. The lowest BCUT2D eigenvalue weighted by molar-refractivity contribution is 0.151. The van der Waals surface area contributed by atoms with Crippen LogP contribution in [-0.2, 0) is 0 Å². The minimum atomic E-state index is -0.313. The maximum Gasteiger partial charge on any atom is 0.417 e. The van der Waals surface area contributed by atoms with Crippen LogP contribution < -0.4 is 4.74 Å². The van der Waals surface area contributed by atoms with Crippen molar-refractivity contribution in [3.8, 4) is 5.95 Å². The number of carbonyl (C=O) groups is 1. The second-order valence-electron chi connectivity index (χ2n) is 2.99. The zero-order valence-electron chi connectivity index (χ0n) is 7.23. The molecule has 0 N–H and O–H groups in total. The van der Waals surface area contributed by atoms with Crippen LogP contribution in [0.1, 0.15) is 12.8 Å². The molecule has 1 fully saturated rings. The van der Waals surface area contributed by atoms with Gasteiger partial charge >= 0.3 is 6.09 Å². The van der Waals surface area contributed by atoms with Gasteiger partial charge in [0.1, 0.15) is 0 Å². The molecule has 1 aromatic rings. The van der Waals surface area contributed by atoms with Crippen molar-refractivity contribution >= 4 is 6.09 Å². The Balaban J connectivity index is 1.91. The van der Waals surface area contributed by atoms with Gasteiger partial charge in [0.15, 0.2) is 0 Å². The number of likely N-dealkylation sites (tertiary alicyclic amines) is 1. The van der Waals surface area contributed by atoms with E-state index in [2.05, 4.69) is 0 Å². The highest BCUT2D eigenvalue weighted by Crippen LogP contribution is 2.14. The van der Waals surface area contributed by atoms with Gasteiger partial charge in [-0.25, -0.2) is 4.79 Å². The summed E-state index contributed by atoms with van der Waals surface area (Å²) in [6.45, 7) is 1.58. The van der Waals surface area contributed by atoms with Crippen molar-refractivity contribution in [3.05, 3.63) is 18.4 Å². The van der Waals surface area contributed by atoms with E-state index in [9.17, 15) is 4.79 Å². The van der Waals surface area contributed by atoms with Crippen molar-refractivity contribution in [1.29, 1.82) is 0 Å². The highest BCUT2D eigenvalue weighted by molar-refractivity contribution is 5.70. The van der Waals surface area contributed by atoms with E-state index in [1.165, 1.54) is 6.26 Å². The van der Waals surface area contributed by atoms with Gasteiger partial charge in [-0.05, 0) is 18.9 Å². The molecule has 1 amide bonds. The zero-order valence-corrected chi connectivity index (χ0v) is 7.23. The molecule has 0 radical (unpaired) electrons. The number of carbonyl (C=O) groups excluding carboxylic acids is 1. The molecule has 0 saturated carbocycles. The lowest BCUT2D eigenvalue weighted by Gasteiger charge is -2.12. The van der Waals surface area contributed by atoms with E-state index < -0.39 is 0 Å². The Morgan fingerprint density at radius 3 is 2.85 bits per heavy atom. The summed E-state index contributed by atoms with van der Waals surface area (Å²) in [5.74, 6) is 0.261. The predicted octanol–water partition coefficient (Wildman–Crippen LogP) is 1.87. The molecule has 1 aromatic heterocycles. The first-order valence-corrected chi connectivity index (χ1v) is 4.36. The second kappa shape index (κ2) is 3.51. The highest BCUT2D eigenvalue weighted by Gasteiger charge is 2.20. The molecule has 0 aliphatic carbocycles. The van der Waals surface area contributed by atoms with Gasteiger partial charge in [-0.3, -0.25) is 0 Å². The molecule has 1 saturated heterocycles. The first kappa shape index (κ1) is 8.16. The van der Waals surface area contributed by atoms with E-state index in [-0.39, 0.29) is 12.0 Å². The van der Waals surface area contributed by atoms with E-state index >= 15 is 0 Å². The quantitative estimate of drug-likeness (QED) is 0.664. The molecular formula is C9H11NO3. The summed E-state index contributed by atoms with van der Waals surface area (Å²) in [6, 6.07) is 3.31. The average molecular weight is 181 g/mol. The van der Waals surface area contributed by atoms with E-state index in [0.29, 0.717) is 0 Å². The van der Waals surface area contributed by atoms with Gasteiger partial charge in [0.25, 0.3) is 5.95 Å². The number of furan rings is 1. The fourth-order valence-corrected chi connectivity index (χ4v) is 1.37. The number of rotatable bonds is 1. The topological polar surface area (TPSA) is 42.7 Å². The van der Waals surface area contributed by atoms with Crippen LogP contribution in [0.5, 0.6) is 5.95 Å². The zero-order chi connectivity index (χ0) is 9.10. The van der Waals surface area contributed by atoms with Gasteiger partial charge in [-0.1, -0.05) is 0 Å². The Morgan fingerprint density at radius 2 is 2.23 bits per heavy atom. The Morgan fingerprint density at radius 1 is 1.46 bits per heavy atom. The van der Waals surface area contributed by atoms with E-state index in [1.807, 2.05) is 0 Å². The number of hydrogen-bond acceptors (Lipinski definition) is 3. The molecule has 0 atom stereocenters. The fourth-order valence-electron chi connectivity index (χ4n) is 1.37. The van der Waals surface area contributed by atoms with Gasteiger partial charge in [-0.2, -0.15) is 0 Å². The molecule has 0 bridgehead atoms. The van der Waals surface area contributed by atoms with Gasteiger partial charge in [0, 0.05) is 19.2 Å². The largest absolute Gasteiger partial charge is 0.434 e. The normalized spacial score (nSPS) is 16.2. The van der Waals surface area contributed by atoms with Crippen LogP contribution in [0.25, 0.3) is 0 Å². The summed E-state index contributed by atoms with van der Waals surface area (Å²) < 4.78 is 9.85. The van der Waals surface area contributed by atoms with Crippen molar-refractivity contribution in [2.24, 2.45) is 0 Å². The van der Waals surface area contributed by atoms with Crippen molar-refractivity contribution in [3.63, 3.8) is 0 Å². The fraction of sp³-hybridized carbons (Fsp3) is 0.444. The third-order valence-corrected chi connectivity index (χ3v) is 2.05. The molecule has 0 unspecified atom stereocenters. The highest BCUT2D eigenvalue weighted by atomic mass is 16.6. The van der Waals surface area contributed by atoms with Gasteiger partial charge in [0.05, 0.1) is 6.26 Å². The van der Waals surface area contributed by atoms with Crippen LogP contribution >= 0.6 is 0 Å². The third-order valence-electron chi connectivity index (χ3n) is 2.05. The lowest BCUT2D eigenvalue weighted by atomic mass is 10.4. The minimum absolute atomic E-state index is 0.261. The molecule has 1 aliphatic rings. The molecule has 4 heteroatoms. The number of ether oxygens (including phenoxy) is 1. The van der Waals surface area contributed by atoms with Crippen molar-refractivity contribution in [1.82, 2.24) is 4.90 Å². The first-order chi connectivity index (χ1) is 6.36. The number of amides is 1. The Kier molecular flexibility index (Phi) is 2.21. The Hall–Kier alpha value is -1.45. The molecule has 13 heavy (non-hydrogen) atoms. The summed E-state index contributed by atoms with van der Waals surface area (Å²) in [5, 5.41) is 0. The number of nitrogens with zero attached hydrogens (tertiary/aromatic N) is 1. The molecule has 4 nitrogen and oxygen atoms in total. The summed E-state index contributed by atoms with van der Waals surface area (Å²) in [7, 11) is 0. The lowest BCUT2D eigenvalue weighted by Crippen LogP contribution is -2.30. The summed E-state index contributed by atoms with van der Waals surface area (Å²) in [4.78, 5) is 13.0. The minimum Gasteiger partial charge on any atom is -0.434 e. The van der Waals surface area contributed by atoms with Gasteiger partial charge in [0.2, 0.25) is 0 Å². The van der Waals surface area contributed by atoms with Crippen molar-refractivity contribution in [2.45, 2.75) is 12.8 Å². The van der Waals surface area contributed by atoms with Crippen LogP contribution in [0, 0.1) is 0 Å². The summed E-state index contributed by atoms with van der Waals surface area (Å²) >= 11 is 0. The van der Waals surface area contributed by atoms with Crippen LogP contribution in [-0.4, -0.2) is 24.1 Å². The van der Waals surface area contributed by atoms with Crippen LogP contribution in [0.15, 0.2) is 22.8 Å². The summed E-state index contributed by atoms with van der Waals surface area (Å²) in [6.07, 6.45) is 3.29. The molecule has 0 spiro atoms. The first-order valence-electron chi connectivity index (χ1n) is 4.36. The maximum absolute atomic E-state index is 11.4. The van der Waals surface area contributed by atoms with E-state index in [0.717, 1.165) is 25.9 Å². The van der Waals surface area contributed by atoms with Gasteiger partial charge < -0.3 is 14.1 Å². The molecule has 1 aliphatic heterocycles.